The summed E-state index contributed by atoms with van der Waals surface area (Å²) in [5.74, 6) is 0. The molecule has 2 aliphatic rings. The molecule has 0 N–H and O–H groups in total. The number of piperazine rings is 1. The maximum atomic E-state index is 12.4. The minimum Gasteiger partial charge on any atom is -0.444 e. The van der Waals surface area contributed by atoms with Gasteiger partial charge in [-0.2, -0.15) is 0 Å². The monoisotopic (exact) mass is 359 g/mol. The van der Waals surface area contributed by atoms with Crippen LogP contribution in [0.2, 0.25) is 0 Å². The van der Waals surface area contributed by atoms with Gasteiger partial charge in [-0.3, -0.25) is 9.80 Å². The molecule has 1 amide bonds. The molecule has 0 aliphatic carbocycles. The standard InChI is InChI=1S/C21H33N3O2/c1-17-14-22(15-18-8-6-5-7-9-18)16-19-10-11-23(12-13-24(17)19)20(25)26-21(2,3)4/h5-9,17,19H,10-16H2,1-4H3/t17-,19+/m1/s1. The van der Waals surface area contributed by atoms with Gasteiger partial charge >= 0.3 is 6.09 Å². The van der Waals surface area contributed by atoms with Crippen molar-refractivity contribution in [3.05, 3.63) is 35.9 Å². The number of benzene rings is 1. The van der Waals surface area contributed by atoms with Gasteiger partial charge in [-0.15, -0.1) is 0 Å². The van der Waals surface area contributed by atoms with Crippen LogP contribution in [0, 0.1) is 0 Å². The highest BCUT2D eigenvalue weighted by Crippen LogP contribution is 2.23. The van der Waals surface area contributed by atoms with E-state index in [1.165, 1.54) is 5.56 Å². The summed E-state index contributed by atoms with van der Waals surface area (Å²) in [7, 11) is 0. The van der Waals surface area contributed by atoms with Crippen molar-refractivity contribution >= 4 is 6.09 Å². The fourth-order valence-electron chi connectivity index (χ4n) is 4.11. The molecular formula is C21H33N3O2. The molecule has 2 fully saturated rings. The quantitative estimate of drug-likeness (QED) is 0.812. The van der Waals surface area contributed by atoms with Crippen LogP contribution >= 0.6 is 0 Å². The molecule has 1 aromatic rings. The van der Waals surface area contributed by atoms with Crippen LogP contribution in [0.1, 0.15) is 39.7 Å². The summed E-state index contributed by atoms with van der Waals surface area (Å²) < 4.78 is 5.57. The number of nitrogens with zero attached hydrogens (tertiary/aromatic N) is 3. The molecule has 0 spiro atoms. The van der Waals surface area contributed by atoms with Gasteiger partial charge < -0.3 is 9.64 Å². The molecule has 0 saturated carbocycles. The van der Waals surface area contributed by atoms with E-state index in [2.05, 4.69) is 47.1 Å². The second kappa shape index (κ2) is 7.97. The van der Waals surface area contributed by atoms with Gasteiger partial charge in [-0.25, -0.2) is 4.79 Å². The molecule has 0 aromatic heterocycles. The third-order valence-electron chi connectivity index (χ3n) is 5.29. The Hall–Kier alpha value is -1.59. The zero-order valence-electron chi connectivity index (χ0n) is 16.6. The van der Waals surface area contributed by atoms with Crippen LogP contribution in [-0.2, 0) is 11.3 Å². The number of ether oxygens (including phenoxy) is 1. The van der Waals surface area contributed by atoms with Crippen LogP contribution in [0.4, 0.5) is 4.79 Å². The van der Waals surface area contributed by atoms with Crippen molar-refractivity contribution in [2.75, 3.05) is 32.7 Å². The summed E-state index contributed by atoms with van der Waals surface area (Å²) in [6, 6.07) is 11.7. The number of hydrogen-bond donors (Lipinski definition) is 0. The van der Waals surface area contributed by atoms with E-state index < -0.39 is 5.60 Å². The molecule has 1 aromatic carbocycles. The molecular weight excluding hydrogens is 326 g/mol. The molecule has 5 nitrogen and oxygen atoms in total. The fraction of sp³-hybridized carbons (Fsp3) is 0.667. The first-order valence-corrected chi connectivity index (χ1v) is 9.82. The van der Waals surface area contributed by atoms with E-state index in [1.807, 2.05) is 25.7 Å². The minimum absolute atomic E-state index is 0.175. The van der Waals surface area contributed by atoms with Crippen LogP contribution in [0.3, 0.4) is 0 Å². The number of carbonyl (C=O) groups is 1. The average molecular weight is 360 g/mol. The Kier molecular flexibility index (Phi) is 5.88. The van der Waals surface area contributed by atoms with Crippen LogP contribution in [0.15, 0.2) is 30.3 Å². The lowest BCUT2D eigenvalue weighted by Crippen LogP contribution is -2.57. The summed E-state index contributed by atoms with van der Waals surface area (Å²) >= 11 is 0. The van der Waals surface area contributed by atoms with Crippen LogP contribution in [0.5, 0.6) is 0 Å². The molecule has 5 heteroatoms. The molecule has 144 valence electrons. The summed E-state index contributed by atoms with van der Waals surface area (Å²) in [6.45, 7) is 13.7. The average Bonchev–Trinajstić information content (AvgIpc) is 2.77. The first-order valence-electron chi connectivity index (χ1n) is 9.82. The summed E-state index contributed by atoms with van der Waals surface area (Å²) in [4.78, 5) is 19.5. The first-order chi connectivity index (χ1) is 12.3. The van der Waals surface area contributed by atoms with Gasteiger partial charge in [-0.1, -0.05) is 30.3 Å². The van der Waals surface area contributed by atoms with Gasteiger partial charge in [0.1, 0.15) is 5.60 Å². The van der Waals surface area contributed by atoms with Gasteiger partial charge in [-0.05, 0) is 39.7 Å². The van der Waals surface area contributed by atoms with Crippen molar-refractivity contribution in [2.24, 2.45) is 0 Å². The molecule has 0 bridgehead atoms. The van der Waals surface area contributed by atoms with Gasteiger partial charge in [0, 0.05) is 51.4 Å². The third kappa shape index (κ3) is 4.98. The van der Waals surface area contributed by atoms with Crippen LogP contribution < -0.4 is 0 Å². The maximum Gasteiger partial charge on any atom is 0.410 e. The molecule has 3 rings (SSSR count). The molecule has 2 heterocycles. The van der Waals surface area contributed by atoms with E-state index in [9.17, 15) is 4.79 Å². The predicted octanol–water partition coefficient (Wildman–Crippen LogP) is 3.20. The van der Waals surface area contributed by atoms with Crippen LogP contribution in [-0.4, -0.2) is 71.2 Å². The van der Waals surface area contributed by atoms with E-state index in [1.54, 1.807) is 0 Å². The highest BCUT2D eigenvalue weighted by atomic mass is 16.6. The van der Waals surface area contributed by atoms with E-state index >= 15 is 0 Å². The first kappa shape index (κ1) is 19.2. The predicted molar refractivity (Wildman–Crippen MR) is 104 cm³/mol. The lowest BCUT2D eigenvalue weighted by Gasteiger charge is -2.45. The number of amides is 1. The molecule has 0 radical (unpaired) electrons. The van der Waals surface area contributed by atoms with Gasteiger partial charge in [0.15, 0.2) is 0 Å². The minimum atomic E-state index is -0.434. The van der Waals surface area contributed by atoms with Gasteiger partial charge in [0.2, 0.25) is 0 Å². The SMILES string of the molecule is C[C@@H]1CN(Cc2ccccc2)C[C@@H]2CCN(C(=O)OC(C)(C)C)CCN21. The second-order valence-electron chi connectivity index (χ2n) is 8.68. The topological polar surface area (TPSA) is 36.0 Å². The van der Waals surface area contributed by atoms with Crippen molar-refractivity contribution in [3.8, 4) is 0 Å². The highest BCUT2D eigenvalue weighted by molar-refractivity contribution is 5.68. The third-order valence-corrected chi connectivity index (χ3v) is 5.29. The van der Waals surface area contributed by atoms with E-state index in [-0.39, 0.29) is 6.09 Å². The van der Waals surface area contributed by atoms with Crippen molar-refractivity contribution in [2.45, 2.75) is 58.3 Å². The summed E-state index contributed by atoms with van der Waals surface area (Å²) in [5.41, 5.74) is 0.938. The van der Waals surface area contributed by atoms with Crippen molar-refractivity contribution in [1.29, 1.82) is 0 Å². The molecule has 0 unspecified atom stereocenters. The molecule has 2 aliphatic heterocycles. The van der Waals surface area contributed by atoms with Gasteiger partial charge in [0.25, 0.3) is 0 Å². The Bertz CT molecular complexity index is 599. The van der Waals surface area contributed by atoms with Crippen molar-refractivity contribution in [3.63, 3.8) is 0 Å². The number of fused-ring (bicyclic) bond motifs is 1. The maximum absolute atomic E-state index is 12.4. The molecule has 2 atom stereocenters. The zero-order valence-corrected chi connectivity index (χ0v) is 16.6. The zero-order chi connectivity index (χ0) is 18.7. The normalized spacial score (nSPS) is 25.5. The number of rotatable bonds is 2. The molecule has 26 heavy (non-hydrogen) atoms. The smallest absolute Gasteiger partial charge is 0.410 e. The highest BCUT2D eigenvalue weighted by Gasteiger charge is 2.35. The Morgan fingerprint density at radius 1 is 1.12 bits per heavy atom. The lowest BCUT2D eigenvalue weighted by molar-refractivity contribution is 0.0235. The molecule has 2 saturated heterocycles. The second-order valence-corrected chi connectivity index (χ2v) is 8.68. The van der Waals surface area contributed by atoms with E-state index in [0.29, 0.717) is 12.1 Å². The van der Waals surface area contributed by atoms with E-state index in [0.717, 1.165) is 45.7 Å². The fourth-order valence-corrected chi connectivity index (χ4v) is 4.11. The Morgan fingerprint density at radius 3 is 2.54 bits per heavy atom. The lowest BCUT2D eigenvalue weighted by atomic mass is 10.0. The van der Waals surface area contributed by atoms with Crippen LogP contribution in [0.25, 0.3) is 0 Å². The Morgan fingerprint density at radius 2 is 1.85 bits per heavy atom. The number of carbonyl (C=O) groups excluding carboxylic acids is 1. The van der Waals surface area contributed by atoms with Crippen molar-refractivity contribution in [1.82, 2.24) is 14.7 Å². The summed E-state index contributed by atoms with van der Waals surface area (Å²) in [6.07, 6.45) is 0.834. The number of hydrogen-bond acceptors (Lipinski definition) is 4. The Labute approximate surface area is 157 Å². The van der Waals surface area contributed by atoms with Gasteiger partial charge in [0.05, 0.1) is 0 Å². The largest absolute Gasteiger partial charge is 0.444 e. The van der Waals surface area contributed by atoms with E-state index in [4.69, 9.17) is 4.74 Å². The summed E-state index contributed by atoms with van der Waals surface area (Å²) in [5, 5.41) is 0. The Balaban J connectivity index is 1.60. The van der Waals surface area contributed by atoms with Crippen molar-refractivity contribution < 1.29 is 9.53 Å².